The molecule has 2 aliphatic heterocycles. The van der Waals surface area contributed by atoms with Gasteiger partial charge in [-0.2, -0.15) is 0 Å². The van der Waals surface area contributed by atoms with Crippen molar-refractivity contribution >= 4 is 5.82 Å². The Morgan fingerprint density at radius 1 is 1.28 bits per heavy atom. The number of aromatic nitrogens is 2. The highest BCUT2D eigenvalue weighted by molar-refractivity contribution is 5.47. The molecule has 2 fully saturated rings. The van der Waals surface area contributed by atoms with Crippen LogP contribution in [0.4, 0.5) is 5.82 Å². The molecule has 0 amide bonds. The largest absolute Gasteiger partial charge is 0.396 e. The SMILES string of the molecule is CC(C)c1cncnc1N1CC[C@H](N2CCOCC2)[C@H](CCCO)C1. The zero-order valence-corrected chi connectivity index (χ0v) is 15.6. The van der Waals surface area contributed by atoms with Crippen LogP contribution in [0.1, 0.15) is 44.6 Å². The lowest BCUT2D eigenvalue weighted by atomic mass is 9.86. The molecule has 1 aromatic heterocycles. The van der Waals surface area contributed by atoms with Gasteiger partial charge in [-0.05, 0) is 31.1 Å². The number of anilines is 1. The Morgan fingerprint density at radius 2 is 2.08 bits per heavy atom. The first-order chi connectivity index (χ1) is 12.2. The van der Waals surface area contributed by atoms with Crippen molar-refractivity contribution in [2.45, 2.75) is 45.1 Å². The van der Waals surface area contributed by atoms with Gasteiger partial charge in [0.2, 0.25) is 0 Å². The number of rotatable bonds is 6. The van der Waals surface area contributed by atoms with Crippen LogP contribution in [0, 0.1) is 5.92 Å². The number of ether oxygens (including phenoxy) is 1. The summed E-state index contributed by atoms with van der Waals surface area (Å²) in [5.74, 6) is 2.08. The minimum Gasteiger partial charge on any atom is -0.396 e. The molecule has 2 saturated heterocycles. The van der Waals surface area contributed by atoms with Crippen LogP contribution in [0.5, 0.6) is 0 Å². The maximum absolute atomic E-state index is 9.33. The van der Waals surface area contributed by atoms with Gasteiger partial charge in [-0.1, -0.05) is 13.8 Å². The van der Waals surface area contributed by atoms with Gasteiger partial charge in [0.1, 0.15) is 12.1 Å². The second kappa shape index (κ2) is 8.92. The maximum Gasteiger partial charge on any atom is 0.135 e. The summed E-state index contributed by atoms with van der Waals surface area (Å²) in [7, 11) is 0. The van der Waals surface area contributed by atoms with Gasteiger partial charge in [-0.15, -0.1) is 0 Å². The van der Waals surface area contributed by atoms with Crippen molar-refractivity contribution in [1.29, 1.82) is 0 Å². The van der Waals surface area contributed by atoms with Crippen molar-refractivity contribution in [3.63, 3.8) is 0 Å². The zero-order chi connectivity index (χ0) is 17.6. The monoisotopic (exact) mass is 348 g/mol. The van der Waals surface area contributed by atoms with Crippen LogP contribution in [-0.2, 0) is 4.74 Å². The average Bonchev–Trinajstić information content (AvgIpc) is 2.66. The van der Waals surface area contributed by atoms with E-state index in [1.54, 1.807) is 6.33 Å². The predicted molar refractivity (Wildman–Crippen MR) is 98.9 cm³/mol. The van der Waals surface area contributed by atoms with Crippen molar-refractivity contribution in [1.82, 2.24) is 14.9 Å². The number of piperidine rings is 1. The molecule has 2 aliphatic rings. The molecule has 3 rings (SSSR count). The van der Waals surface area contributed by atoms with E-state index in [1.807, 2.05) is 6.20 Å². The predicted octanol–water partition coefficient (Wildman–Crippen LogP) is 1.90. The van der Waals surface area contributed by atoms with E-state index in [2.05, 4.69) is 33.6 Å². The Bertz CT molecular complexity index is 534. The van der Waals surface area contributed by atoms with Crippen molar-refractivity contribution < 1.29 is 9.84 Å². The molecule has 25 heavy (non-hydrogen) atoms. The third kappa shape index (κ3) is 4.49. The van der Waals surface area contributed by atoms with Crippen molar-refractivity contribution in [3.05, 3.63) is 18.1 Å². The van der Waals surface area contributed by atoms with Gasteiger partial charge < -0.3 is 14.7 Å². The smallest absolute Gasteiger partial charge is 0.135 e. The van der Waals surface area contributed by atoms with E-state index in [4.69, 9.17) is 4.74 Å². The second-order valence-electron chi connectivity index (χ2n) is 7.53. The third-order valence-electron chi connectivity index (χ3n) is 5.58. The van der Waals surface area contributed by atoms with Gasteiger partial charge in [0.15, 0.2) is 0 Å². The van der Waals surface area contributed by atoms with Crippen molar-refractivity contribution in [2.75, 3.05) is 50.9 Å². The molecule has 6 heteroatoms. The minimum absolute atomic E-state index is 0.275. The molecule has 1 aromatic rings. The van der Waals surface area contributed by atoms with E-state index in [0.717, 1.165) is 64.5 Å². The van der Waals surface area contributed by atoms with Gasteiger partial charge in [-0.25, -0.2) is 9.97 Å². The van der Waals surface area contributed by atoms with Gasteiger partial charge >= 0.3 is 0 Å². The lowest BCUT2D eigenvalue weighted by molar-refractivity contribution is -0.00417. The molecule has 0 radical (unpaired) electrons. The molecule has 0 saturated carbocycles. The van der Waals surface area contributed by atoms with E-state index in [-0.39, 0.29) is 6.61 Å². The van der Waals surface area contributed by atoms with Gasteiger partial charge in [0.25, 0.3) is 0 Å². The van der Waals surface area contributed by atoms with Crippen LogP contribution in [0.25, 0.3) is 0 Å². The third-order valence-corrected chi connectivity index (χ3v) is 5.58. The lowest BCUT2D eigenvalue weighted by Gasteiger charge is -2.46. The molecule has 0 spiro atoms. The summed E-state index contributed by atoms with van der Waals surface area (Å²) in [6, 6.07) is 0.594. The number of morpholine rings is 1. The highest BCUT2D eigenvalue weighted by Gasteiger charge is 2.34. The fourth-order valence-electron chi connectivity index (χ4n) is 4.24. The maximum atomic E-state index is 9.33. The number of hydrogen-bond acceptors (Lipinski definition) is 6. The van der Waals surface area contributed by atoms with Crippen LogP contribution in [0.3, 0.4) is 0 Å². The second-order valence-corrected chi connectivity index (χ2v) is 7.53. The topological polar surface area (TPSA) is 61.7 Å². The van der Waals surface area contributed by atoms with E-state index in [0.29, 0.717) is 17.9 Å². The van der Waals surface area contributed by atoms with E-state index < -0.39 is 0 Å². The Labute approximate surface area is 151 Å². The van der Waals surface area contributed by atoms with Crippen LogP contribution in [0.15, 0.2) is 12.5 Å². The first-order valence-corrected chi connectivity index (χ1v) is 9.68. The van der Waals surface area contributed by atoms with Gasteiger partial charge in [0, 0.05) is 50.6 Å². The normalized spacial score (nSPS) is 25.5. The molecular formula is C19H32N4O2. The van der Waals surface area contributed by atoms with E-state index in [9.17, 15) is 5.11 Å². The molecule has 0 unspecified atom stereocenters. The van der Waals surface area contributed by atoms with E-state index >= 15 is 0 Å². The van der Waals surface area contributed by atoms with Gasteiger partial charge in [-0.3, -0.25) is 4.90 Å². The Hall–Kier alpha value is -1.24. The molecule has 0 aliphatic carbocycles. The molecule has 1 N–H and O–H groups in total. The molecule has 3 heterocycles. The minimum atomic E-state index is 0.275. The summed E-state index contributed by atoms with van der Waals surface area (Å²) in [6.45, 7) is 10.5. The first kappa shape index (κ1) is 18.5. The van der Waals surface area contributed by atoms with Crippen molar-refractivity contribution in [3.8, 4) is 0 Å². The highest BCUT2D eigenvalue weighted by atomic mass is 16.5. The molecule has 2 atom stereocenters. The number of hydrogen-bond donors (Lipinski definition) is 1. The molecular weight excluding hydrogens is 316 g/mol. The molecule has 140 valence electrons. The summed E-state index contributed by atoms with van der Waals surface area (Å²) < 4.78 is 5.53. The Kier molecular flexibility index (Phi) is 6.62. The molecule has 6 nitrogen and oxygen atoms in total. The zero-order valence-electron chi connectivity index (χ0n) is 15.6. The average molecular weight is 348 g/mol. The quantitative estimate of drug-likeness (QED) is 0.847. The molecule has 0 aromatic carbocycles. The van der Waals surface area contributed by atoms with Gasteiger partial charge in [0.05, 0.1) is 13.2 Å². The van der Waals surface area contributed by atoms with Crippen LogP contribution >= 0.6 is 0 Å². The number of nitrogens with zero attached hydrogens (tertiary/aromatic N) is 4. The van der Waals surface area contributed by atoms with Crippen LogP contribution in [-0.4, -0.2) is 72.0 Å². The number of aliphatic hydroxyl groups is 1. The summed E-state index contributed by atoms with van der Waals surface area (Å²) in [5, 5.41) is 9.33. The Morgan fingerprint density at radius 3 is 2.80 bits per heavy atom. The Balaban J connectivity index is 1.75. The summed E-state index contributed by atoms with van der Waals surface area (Å²) in [5.41, 5.74) is 1.23. The fraction of sp³-hybridized carbons (Fsp3) is 0.789. The summed E-state index contributed by atoms with van der Waals surface area (Å²) in [6.07, 6.45) is 6.72. The lowest BCUT2D eigenvalue weighted by Crippen LogP contribution is -2.54. The highest BCUT2D eigenvalue weighted by Crippen LogP contribution is 2.32. The standard InChI is InChI=1S/C19H32N4O2/c1-15(2)17-12-20-14-21-19(17)23-6-5-18(16(13-23)4-3-9-24)22-7-10-25-11-8-22/h12,14-16,18,24H,3-11,13H2,1-2H3/t16-,18+/m1/s1. The summed E-state index contributed by atoms with van der Waals surface area (Å²) >= 11 is 0. The van der Waals surface area contributed by atoms with Crippen molar-refractivity contribution in [2.24, 2.45) is 5.92 Å². The van der Waals surface area contributed by atoms with E-state index in [1.165, 1.54) is 5.56 Å². The fourth-order valence-corrected chi connectivity index (χ4v) is 4.24. The van der Waals surface area contributed by atoms with Crippen LogP contribution in [0.2, 0.25) is 0 Å². The molecule has 0 bridgehead atoms. The first-order valence-electron chi connectivity index (χ1n) is 9.68. The summed E-state index contributed by atoms with van der Waals surface area (Å²) in [4.78, 5) is 13.9. The number of aliphatic hydroxyl groups excluding tert-OH is 1. The van der Waals surface area contributed by atoms with Crippen LogP contribution < -0.4 is 4.90 Å².